The molecule has 0 saturated carbocycles. The molecule has 0 unspecified atom stereocenters. The summed E-state index contributed by atoms with van der Waals surface area (Å²) in [7, 11) is 0. The van der Waals surface area contributed by atoms with Gasteiger partial charge >= 0.3 is 12.0 Å². The van der Waals surface area contributed by atoms with Crippen molar-refractivity contribution in [3.8, 4) is 0 Å². The largest absolute Gasteiger partial charge is 0.466 e. The first-order valence-corrected chi connectivity index (χ1v) is 6.55. The number of urea groups is 1. The second-order valence-electron chi connectivity index (χ2n) is 4.20. The van der Waals surface area contributed by atoms with E-state index < -0.39 is 0 Å². The highest BCUT2D eigenvalue weighted by Crippen LogP contribution is 2.03. The zero-order valence-electron chi connectivity index (χ0n) is 11.8. The van der Waals surface area contributed by atoms with E-state index in [2.05, 4.69) is 10.6 Å². The third-order valence-corrected chi connectivity index (χ3v) is 2.49. The summed E-state index contributed by atoms with van der Waals surface area (Å²) in [4.78, 5) is 22.4. The summed E-state index contributed by atoms with van der Waals surface area (Å²) >= 11 is 0. The van der Waals surface area contributed by atoms with E-state index in [1.807, 2.05) is 31.2 Å². The van der Waals surface area contributed by atoms with Gasteiger partial charge in [-0.15, -0.1) is 0 Å². The lowest BCUT2D eigenvalue weighted by Gasteiger charge is -2.04. The van der Waals surface area contributed by atoms with Crippen LogP contribution in [0.5, 0.6) is 0 Å². The molecule has 5 nitrogen and oxygen atoms in total. The first-order valence-electron chi connectivity index (χ1n) is 6.55. The molecule has 2 amide bonds. The Labute approximate surface area is 119 Å². The molecule has 1 rings (SSSR count). The van der Waals surface area contributed by atoms with E-state index in [1.165, 1.54) is 5.56 Å². The van der Waals surface area contributed by atoms with Gasteiger partial charge in [0.25, 0.3) is 0 Å². The van der Waals surface area contributed by atoms with Gasteiger partial charge in [-0.05, 0) is 25.5 Å². The van der Waals surface area contributed by atoms with Crippen molar-refractivity contribution in [1.82, 2.24) is 10.6 Å². The maximum absolute atomic E-state index is 11.4. The van der Waals surface area contributed by atoms with Crippen LogP contribution >= 0.6 is 0 Å². The van der Waals surface area contributed by atoms with Gasteiger partial charge in [0, 0.05) is 12.7 Å². The average Bonchev–Trinajstić information content (AvgIpc) is 2.41. The molecule has 0 atom stereocenters. The first kappa shape index (κ1) is 15.8. The van der Waals surface area contributed by atoms with Crippen LogP contribution in [0, 0.1) is 6.92 Å². The minimum Gasteiger partial charge on any atom is -0.466 e. The average molecular weight is 276 g/mol. The number of carbonyl (C=O) groups is 2. The number of hydrogen-bond acceptors (Lipinski definition) is 3. The molecule has 20 heavy (non-hydrogen) atoms. The van der Waals surface area contributed by atoms with E-state index in [0.29, 0.717) is 6.61 Å². The van der Waals surface area contributed by atoms with Gasteiger partial charge in [0.05, 0.1) is 13.0 Å². The molecular weight excluding hydrogens is 256 g/mol. The van der Waals surface area contributed by atoms with Gasteiger partial charge in [0.2, 0.25) is 0 Å². The molecular formula is C15H20N2O3. The van der Waals surface area contributed by atoms with Crippen LogP contribution in [0.4, 0.5) is 4.79 Å². The van der Waals surface area contributed by atoms with E-state index in [-0.39, 0.29) is 25.0 Å². The van der Waals surface area contributed by atoms with Crippen LogP contribution in [0.3, 0.4) is 0 Å². The summed E-state index contributed by atoms with van der Waals surface area (Å²) in [5.74, 6) is -0.317. The Hall–Kier alpha value is -2.30. The molecule has 0 fully saturated rings. The van der Waals surface area contributed by atoms with Gasteiger partial charge in [-0.1, -0.05) is 29.8 Å². The number of benzene rings is 1. The Morgan fingerprint density at radius 2 is 1.95 bits per heavy atom. The van der Waals surface area contributed by atoms with E-state index in [9.17, 15) is 9.59 Å². The highest BCUT2D eigenvalue weighted by atomic mass is 16.5. The molecule has 0 aliphatic heterocycles. The highest BCUT2D eigenvalue weighted by molar-refractivity contribution is 5.77. The maximum Gasteiger partial charge on any atom is 0.318 e. The predicted octanol–water partition coefficient (Wildman–Crippen LogP) is 2.22. The molecule has 0 aliphatic carbocycles. The molecule has 2 N–H and O–H groups in total. The molecule has 0 aromatic heterocycles. The lowest BCUT2D eigenvalue weighted by atomic mass is 10.1. The van der Waals surface area contributed by atoms with Crippen molar-refractivity contribution in [2.75, 3.05) is 13.2 Å². The third-order valence-electron chi connectivity index (χ3n) is 2.49. The smallest absolute Gasteiger partial charge is 0.318 e. The number of aryl methyl sites for hydroxylation is 1. The monoisotopic (exact) mass is 276 g/mol. The first-order chi connectivity index (χ1) is 9.61. The van der Waals surface area contributed by atoms with E-state index in [4.69, 9.17) is 4.74 Å². The number of hydrogen-bond donors (Lipinski definition) is 2. The Balaban J connectivity index is 2.22. The molecule has 0 aliphatic rings. The standard InChI is InChI=1S/C15H20N2O3/c1-3-20-14(18)9-11-17-15(19)16-10-8-13-6-4-12(2)5-7-13/h4-8,10H,3,9,11H2,1-2H3,(H2,16,17,19)/b10-8+. The summed E-state index contributed by atoms with van der Waals surface area (Å²) in [6.45, 7) is 4.37. The third kappa shape index (κ3) is 6.58. The van der Waals surface area contributed by atoms with Gasteiger partial charge in [-0.3, -0.25) is 4.79 Å². The zero-order valence-corrected chi connectivity index (χ0v) is 11.8. The van der Waals surface area contributed by atoms with Crippen molar-refractivity contribution in [2.24, 2.45) is 0 Å². The van der Waals surface area contributed by atoms with Gasteiger partial charge in [-0.2, -0.15) is 0 Å². The lowest BCUT2D eigenvalue weighted by molar-refractivity contribution is -0.142. The maximum atomic E-state index is 11.4. The van der Waals surface area contributed by atoms with Crippen LogP contribution in [-0.2, 0) is 9.53 Å². The summed E-state index contributed by atoms with van der Waals surface area (Å²) in [5.41, 5.74) is 2.19. The van der Waals surface area contributed by atoms with Crippen LogP contribution in [0.15, 0.2) is 30.5 Å². The fourth-order valence-corrected chi connectivity index (χ4v) is 1.45. The van der Waals surface area contributed by atoms with Crippen LogP contribution in [0.2, 0.25) is 0 Å². The van der Waals surface area contributed by atoms with Crippen LogP contribution < -0.4 is 10.6 Å². The van der Waals surface area contributed by atoms with Gasteiger partial charge in [0.1, 0.15) is 0 Å². The Morgan fingerprint density at radius 3 is 2.60 bits per heavy atom. The Bertz CT molecular complexity index is 467. The van der Waals surface area contributed by atoms with Crippen molar-refractivity contribution < 1.29 is 14.3 Å². The molecule has 0 heterocycles. The Morgan fingerprint density at radius 1 is 1.25 bits per heavy atom. The highest BCUT2D eigenvalue weighted by Gasteiger charge is 2.02. The van der Waals surface area contributed by atoms with Gasteiger partial charge in [-0.25, -0.2) is 4.79 Å². The van der Waals surface area contributed by atoms with Crippen molar-refractivity contribution in [3.05, 3.63) is 41.6 Å². The van der Waals surface area contributed by atoms with Crippen molar-refractivity contribution in [3.63, 3.8) is 0 Å². The second-order valence-corrected chi connectivity index (χ2v) is 4.20. The van der Waals surface area contributed by atoms with Gasteiger partial charge in [0.15, 0.2) is 0 Å². The van der Waals surface area contributed by atoms with E-state index in [0.717, 1.165) is 5.56 Å². The topological polar surface area (TPSA) is 67.4 Å². The van der Waals surface area contributed by atoms with Crippen molar-refractivity contribution in [2.45, 2.75) is 20.3 Å². The van der Waals surface area contributed by atoms with E-state index in [1.54, 1.807) is 19.2 Å². The van der Waals surface area contributed by atoms with Gasteiger partial charge < -0.3 is 15.4 Å². The normalized spacial score (nSPS) is 10.3. The second kappa shape index (κ2) is 8.74. The number of esters is 1. The van der Waals surface area contributed by atoms with E-state index >= 15 is 0 Å². The fraction of sp³-hybridized carbons (Fsp3) is 0.333. The Kier molecular flexibility index (Phi) is 6.89. The fourth-order valence-electron chi connectivity index (χ4n) is 1.45. The molecule has 108 valence electrons. The van der Waals surface area contributed by atoms with Crippen molar-refractivity contribution >= 4 is 18.1 Å². The molecule has 5 heteroatoms. The zero-order chi connectivity index (χ0) is 14.8. The minimum atomic E-state index is -0.349. The number of rotatable bonds is 6. The summed E-state index contributed by atoms with van der Waals surface area (Å²) < 4.78 is 4.75. The van der Waals surface area contributed by atoms with Crippen LogP contribution in [-0.4, -0.2) is 25.2 Å². The number of nitrogens with one attached hydrogen (secondary N) is 2. The number of carbonyl (C=O) groups excluding carboxylic acids is 2. The predicted molar refractivity (Wildman–Crippen MR) is 78.0 cm³/mol. The molecule has 1 aromatic carbocycles. The molecule has 0 radical (unpaired) electrons. The summed E-state index contributed by atoms with van der Waals surface area (Å²) in [6.07, 6.45) is 3.53. The summed E-state index contributed by atoms with van der Waals surface area (Å²) in [5, 5.41) is 5.13. The van der Waals surface area contributed by atoms with Crippen LogP contribution in [0.1, 0.15) is 24.5 Å². The summed E-state index contributed by atoms with van der Waals surface area (Å²) in [6, 6.07) is 7.58. The number of ether oxygens (including phenoxy) is 1. The molecule has 1 aromatic rings. The molecule has 0 bridgehead atoms. The number of amides is 2. The van der Waals surface area contributed by atoms with Crippen molar-refractivity contribution in [1.29, 1.82) is 0 Å². The van der Waals surface area contributed by atoms with Crippen LogP contribution in [0.25, 0.3) is 6.08 Å². The molecule has 0 saturated heterocycles. The lowest BCUT2D eigenvalue weighted by Crippen LogP contribution is -2.33. The molecule has 0 spiro atoms. The quantitative estimate of drug-likeness (QED) is 0.783. The minimum absolute atomic E-state index is 0.170. The SMILES string of the molecule is CCOC(=O)CCNC(=O)N/C=C/c1ccc(C)cc1.